The normalized spacial score (nSPS) is 52.8. The lowest BCUT2D eigenvalue weighted by Gasteiger charge is -2.38. The number of rotatable bonds is 0. The minimum absolute atomic E-state index is 0.0358. The molecule has 14 heavy (non-hydrogen) atoms. The molecule has 3 rings (SSSR count). The molecule has 3 nitrogen and oxygen atoms in total. The van der Waals surface area contributed by atoms with Gasteiger partial charge in [0, 0.05) is 0 Å². The fourth-order valence-electron chi connectivity index (χ4n) is 4.14. The van der Waals surface area contributed by atoms with Crippen LogP contribution in [0, 0.1) is 16.7 Å². The Morgan fingerprint density at radius 1 is 1.29 bits per heavy atom. The van der Waals surface area contributed by atoms with E-state index in [1.165, 1.54) is 12.8 Å². The molecule has 0 spiro atoms. The Kier molecular flexibility index (Phi) is 1.28. The summed E-state index contributed by atoms with van der Waals surface area (Å²) in [6.45, 7) is 7.05. The van der Waals surface area contributed by atoms with Crippen molar-refractivity contribution < 1.29 is 4.79 Å². The molecule has 2 aliphatic carbocycles. The number of hydrogen-bond donors (Lipinski definition) is 2. The lowest BCUT2D eigenvalue weighted by Crippen LogP contribution is -2.45. The SMILES string of the molecule is CC1(C)[C@@H]2CC[C@@]1(C)[C@H]1NC(=O)N[C@H]21. The zero-order chi connectivity index (χ0) is 10.1. The standard InChI is InChI=1S/C11H18N2O/c1-10(2)6-4-5-11(10,3)8-7(6)12-9(14)13-8/h6-8H,4-5H2,1-3H3,(H2,12,13,14)/t6-,7-,8+,11+/m1/s1. The van der Waals surface area contributed by atoms with E-state index in [0.717, 1.165) is 0 Å². The molecule has 3 fully saturated rings. The Morgan fingerprint density at radius 3 is 2.64 bits per heavy atom. The summed E-state index contributed by atoms with van der Waals surface area (Å²) in [5, 5.41) is 6.17. The summed E-state index contributed by atoms with van der Waals surface area (Å²) in [6, 6.07) is 0.786. The van der Waals surface area contributed by atoms with E-state index >= 15 is 0 Å². The van der Waals surface area contributed by atoms with Crippen LogP contribution < -0.4 is 10.6 Å². The first-order chi connectivity index (χ1) is 6.47. The summed E-state index contributed by atoms with van der Waals surface area (Å²) >= 11 is 0. The molecular formula is C11H18N2O. The van der Waals surface area contributed by atoms with Gasteiger partial charge in [0.2, 0.25) is 0 Å². The van der Waals surface area contributed by atoms with Crippen LogP contribution in [0.3, 0.4) is 0 Å². The smallest absolute Gasteiger partial charge is 0.315 e. The van der Waals surface area contributed by atoms with E-state index in [2.05, 4.69) is 31.4 Å². The third-order valence-corrected chi connectivity index (χ3v) is 5.44. The molecule has 0 aromatic rings. The van der Waals surface area contributed by atoms with Gasteiger partial charge in [0.05, 0.1) is 12.1 Å². The number of carbonyl (C=O) groups excluding carboxylic acids is 1. The lowest BCUT2D eigenvalue weighted by atomic mass is 9.69. The molecule has 4 atom stereocenters. The number of fused-ring (bicyclic) bond motifs is 5. The van der Waals surface area contributed by atoms with Crippen LogP contribution in [0.25, 0.3) is 0 Å². The summed E-state index contributed by atoms with van der Waals surface area (Å²) in [7, 11) is 0. The number of urea groups is 1. The van der Waals surface area contributed by atoms with Gasteiger partial charge in [-0.15, -0.1) is 0 Å². The van der Waals surface area contributed by atoms with Gasteiger partial charge in [0.1, 0.15) is 0 Å². The van der Waals surface area contributed by atoms with Gasteiger partial charge in [-0.05, 0) is 29.6 Å². The van der Waals surface area contributed by atoms with E-state index in [1.807, 2.05) is 0 Å². The highest BCUT2D eigenvalue weighted by Crippen LogP contribution is 2.65. The average Bonchev–Trinajstić information content (AvgIpc) is 2.59. The number of nitrogens with one attached hydrogen (secondary N) is 2. The minimum atomic E-state index is 0.0358. The van der Waals surface area contributed by atoms with Gasteiger partial charge >= 0.3 is 6.03 Å². The van der Waals surface area contributed by atoms with Crippen LogP contribution in [-0.4, -0.2) is 18.1 Å². The van der Waals surface area contributed by atoms with Crippen molar-refractivity contribution in [3.8, 4) is 0 Å². The maximum Gasteiger partial charge on any atom is 0.315 e. The molecule has 3 aliphatic rings. The predicted octanol–water partition coefficient (Wildman–Crippen LogP) is 1.49. The number of amides is 2. The van der Waals surface area contributed by atoms with Crippen molar-refractivity contribution in [3.63, 3.8) is 0 Å². The van der Waals surface area contributed by atoms with E-state index in [1.54, 1.807) is 0 Å². The topological polar surface area (TPSA) is 41.1 Å². The van der Waals surface area contributed by atoms with E-state index in [0.29, 0.717) is 28.8 Å². The first-order valence-corrected chi connectivity index (χ1v) is 5.54. The molecule has 78 valence electrons. The van der Waals surface area contributed by atoms with Crippen LogP contribution in [0.15, 0.2) is 0 Å². The monoisotopic (exact) mass is 194 g/mol. The highest BCUT2D eigenvalue weighted by atomic mass is 16.2. The molecule has 2 N–H and O–H groups in total. The molecule has 0 aromatic heterocycles. The third kappa shape index (κ3) is 0.665. The highest BCUT2D eigenvalue weighted by molar-refractivity contribution is 5.78. The van der Waals surface area contributed by atoms with Crippen molar-refractivity contribution in [3.05, 3.63) is 0 Å². The largest absolute Gasteiger partial charge is 0.333 e. The van der Waals surface area contributed by atoms with Gasteiger partial charge in [-0.2, -0.15) is 0 Å². The maximum absolute atomic E-state index is 11.3. The average molecular weight is 194 g/mol. The van der Waals surface area contributed by atoms with Crippen LogP contribution in [-0.2, 0) is 0 Å². The van der Waals surface area contributed by atoms with Crippen LogP contribution in [0.2, 0.25) is 0 Å². The van der Waals surface area contributed by atoms with Gasteiger partial charge in [-0.25, -0.2) is 4.79 Å². The summed E-state index contributed by atoms with van der Waals surface area (Å²) in [6.07, 6.45) is 2.53. The molecule has 1 heterocycles. The van der Waals surface area contributed by atoms with Crippen LogP contribution >= 0.6 is 0 Å². The Balaban J connectivity index is 2.06. The van der Waals surface area contributed by atoms with Crippen molar-refractivity contribution >= 4 is 6.03 Å². The van der Waals surface area contributed by atoms with Crippen LogP contribution in [0.1, 0.15) is 33.6 Å². The second kappa shape index (κ2) is 2.10. The summed E-state index contributed by atoms with van der Waals surface area (Å²) < 4.78 is 0. The lowest BCUT2D eigenvalue weighted by molar-refractivity contribution is 0.126. The zero-order valence-electron chi connectivity index (χ0n) is 9.05. The van der Waals surface area contributed by atoms with Crippen molar-refractivity contribution in [1.29, 1.82) is 0 Å². The number of carbonyl (C=O) groups is 1. The first-order valence-electron chi connectivity index (χ1n) is 5.54. The van der Waals surface area contributed by atoms with Crippen molar-refractivity contribution in [1.82, 2.24) is 10.6 Å². The van der Waals surface area contributed by atoms with E-state index in [4.69, 9.17) is 0 Å². The molecular weight excluding hydrogens is 176 g/mol. The molecule has 2 saturated carbocycles. The Bertz CT molecular complexity index is 312. The molecule has 2 bridgehead atoms. The molecule has 1 saturated heterocycles. The number of hydrogen-bond acceptors (Lipinski definition) is 1. The Labute approximate surface area is 84.6 Å². The molecule has 3 heteroatoms. The van der Waals surface area contributed by atoms with Crippen molar-refractivity contribution in [2.75, 3.05) is 0 Å². The third-order valence-electron chi connectivity index (χ3n) is 5.44. The van der Waals surface area contributed by atoms with Gasteiger partial charge < -0.3 is 10.6 Å². The highest BCUT2D eigenvalue weighted by Gasteiger charge is 2.68. The molecule has 0 unspecified atom stereocenters. The second-order valence-electron chi connectivity index (χ2n) is 5.91. The zero-order valence-corrected chi connectivity index (χ0v) is 9.05. The Hall–Kier alpha value is -0.730. The molecule has 0 aromatic carbocycles. The van der Waals surface area contributed by atoms with Crippen LogP contribution in [0.4, 0.5) is 4.79 Å². The van der Waals surface area contributed by atoms with Crippen molar-refractivity contribution in [2.24, 2.45) is 16.7 Å². The molecule has 2 amide bonds. The molecule has 0 radical (unpaired) electrons. The maximum atomic E-state index is 11.3. The van der Waals surface area contributed by atoms with Gasteiger partial charge in [0.15, 0.2) is 0 Å². The van der Waals surface area contributed by atoms with Gasteiger partial charge in [-0.1, -0.05) is 20.8 Å². The molecule has 1 aliphatic heterocycles. The fourth-order valence-corrected chi connectivity index (χ4v) is 4.14. The predicted molar refractivity (Wildman–Crippen MR) is 53.9 cm³/mol. The fraction of sp³-hybridized carbons (Fsp3) is 0.909. The second-order valence-corrected chi connectivity index (χ2v) is 5.91. The van der Waals surface area contributed by atoms with Gasteiger partial charge in [-0.3, -0.25) is 0 Å². The summed E-state index contributed by atoms with van der Waals surface area (Å²) in [5.74, 6) is 0.663. The minimum Gasteiger partial charge on any atom is -0.333 e. The summed E-state index contributed by atoms with van der Waals surface area (Å²) in [4.78, 5) is 11.3. The van der Waals surface area contributed by atoms with Gasteiger partial charge in [0.25, 0.3) is 0 Å². The van der Waals surface area contributed by atoms with E-state index in [9.17, 15) is 4.79 Å². The van der Waals surface area contributed by atoms with Crippen molar-refractivity contribution in [2.45, 2.75) is 45.7 Å². The van der Waals surface area contributed by atoms with E-state index < -0.39 is 0 Å². The Morgan fingerprint density at radius 2 is 2.00 bits per heavy atom. The van der Waals surface area contributed by atoms with Crippen LogP contribution in [0.5, 0.6) is 0 Å². The first kappa shape index (κ1) is 8.57. The quantitative estimate of drug-likeness (QED) is 0.602. The van der Waals surface area contributed by atoms with E-state index in [-0.39, 0.29) is 6.03 Å². The summed E-state index contributed by atoms with van der Waals surface area (Å²) in [5.41, 5.74) is 0.657.